The molecule has 0 saturated carbocycles. The van der Waals surface area contributed by atoms with E-state index < -0.39 is 26.8 Å². The highest BCUT2D eigenvalue weighted by Crippen LogP contribution is 2.31. The molecule has 0 radical (unpaired) electrons. The van der Waals surface area contributed by atoms with Gasteiger partial charge >= 0.3 is 0 Å². The van der Waals surface area contributed by atoms with Crippen LogP contribution in [0.25, 0.3) is 0 Å². The van der Waals surface area contributed by atoms with Crippen LogP contribution in [0.2, 0.25) is 0 Å². The van der Waals surface area contributed by atoms with E-state index in [4.69, 9.17) is 4.74 Å². The summed E-state index contributed by atoms with van der Waals surface area (Å²) in [6.07, 6.45) is 0. The van der Waals surface area contributed by atoms with E-state index in [0.717, 1.165) is 6.07 Å². The van der Waals surface area contributed by atoms with E-state index in [0.29, 0.717) is 5.56 Å². The molecule has 1 atom stereocenters. The molecule has 2 aromatic carbocycles. The van der Waals surface area contributed by atoms with Gasteiger partial charge in [0.2, 0.25) is 10.0 Å². The average Bonchev–Trinajstić information content (AvgIpc) is 2.62. The van der Waals surface area contributed by atoms with E-state index in [9.17, 15) is 22.9 Å². The maximum absolute atomic E-state index is 13.9. The fourth-order valence-electron chi connectivity index (χ4n) is 2.72. The number of rotatable bonds is 9. The van der Waals surface area contributed by atoms with Crippen molar-refractivity contribution in [2.75, 3.05) is 25.7 Å². The summed E-state index contributed by atoms with van der Waals surface area (Å²) in [5.41, 5.74) is 0.157. The Balaban J connectivity index is 2.35. The highest BCUT2D eigenvalue weighted by Gasteiger charge is 2.24. The summed E-state index contributed by atoms with van der Waals surface area (Å²) in [6, 6.07) is 9.22. The van der Waals surface area contributed by atoms with E-state index in [1.807, 2.05) is 0 Å². The lowest BCUT2D eigenvalue weighted by atomic mass is 10.2. The molecular formula is C18H22FN3O5S. The van der Waals surface area contributed by atoms with Crippen molar-refractivity contribution in [1.29, 1.82) is 0 Å². The normalized spacial score (nSPS) is 12.6. The molecule has 0 aliphatic carbocycles. The van der Waals surface area contributed by atoms with Crippen molar-refractivity contribution >= 4 is 21.4 Å². The fraction of sp³-hybridized carbons (Fsp3) is 0.333. The number of nitrogens with zero attached hydrogens (tertiary/aromatic N) is 2. The first-order chi connectivity index (χ1) is 13.2. The zero-order valence-electron chi connectivity index (χ0n) is 15.8. The van der Waals surface area contributed by atoms with Crippen molar-refractivity contribution in [3.05, 3.63) is 64.0 Å². The molecule has 28 heavy (non-hydrogen) atoms. The molecule has 152 valence electrons. The lowest BCUT2D eigenvalue weighted by Gasteiger charge is -2.20. The smallest absolute Gasteiger partial charge is 0.293 e. The lowest BCUT2D eigenvalue weighted by molar-refractivity contribution is -0.384. The van der Waals surface area contributed by atoms with E-state index in [1.165, 1.54) is 30.2 Å². The topological polar surface area (TPSA) is 102 Å². The van der Waals surface area contributed by atoms with Gasteiger partial charge in [0, 0.05) is 38.4 Å². The summed E-state index contributed by atoms with van der Waals surface area (Å²) in [4.78, 5) is 12.1. The zero-order chi connectivity index (χ0) is 20.9. The number of hydrogen-bond acceptors (Lipinski definition) is 6. The van der Waals surface area contributed by atoms with Gasteiger partial charge in [-0.2, -0.15) is 0 Å². The molecule has 2 rings (SSSR count). The summed E-state index contributed by atoms with van der Waals surface area (Å²) in [5, 5.41) is 11.5. The van der Waals surface area contributed by atoms with Gasteiger partial charge in [-0.15, -0.1) is 0 Å². The third-order valence-corrected chi connectivity index (χ3v) is 5.59. The van der Waals surface area contributed by atoms with Gasteiger partial charge in [-0.05, 0) is 25.1 Å². The number of halogens is 1. The van der Waals surface area contributed by atoms with Crippen LogP contribution in [0.15, 0.2) is 47.4 Å². The van der Waals surface area contributed by atoms with Gasteiger partial charge in [0.05, 0.1) is 16.4 Å². The van der Waals surface area contributed by atoms with Gasteiger partial charge in [0.1, 0.15) is 11.5 Å². The number of methoxy groups -OCH3 is 1. The number of anilines is 1. The first-order valence-electron chi connectivity index (χ1n) is 8.40. The van der Waals surface area contributed by atoms with Crippen LogP contribution in [0.1, 0.15) is 12.5 Å². The van der Waals surface area contributed by atoms with Crippen molar-refractivity contribution in [3.8, 4) is 0 Å². The van der Waals surface area contributed by atoms with Crippen LogP contribution in [-0.2, 0) is 21.3 Å². The minimum absolute atomic E-state index is 0.0860. The van der Waals surface area contributed by atoms with E-state index in [1.54, 1.807) is 32.2 Å². The Kier molecular flexibility index (Phi) is 7.05. The maximum Gasteiger partial charge on any atom is 0.293 e. The minimum Gasteiger partial charge on any atom is -0.383 e. The summed E-state index contributed by atoms with van der Waals surface area (Å²) < 4.78 is 46.1. The predicted molar refractivity (Wildman–Crippen MR) is 103 cm³/mol. The Bertz CT molecular complexity index is 952. The molecular weight excluding hydrogens is 389 g/mol. The molecule has 0 amide bonds. The van der Waals surface area contributed by atoms with Crippen LogP contribution < -0.4 is 9.62 Å². The van der Waals surface area contributed by atoms with Crippen molar-refractivity contribution in [2.45, 2.75) is 24.4 Å². The van der Waals surface area contributed by atoms with E-state index in [2.05, 4.69) is 4.72 Å². The number of nitro benzene ring substituents is 1. The van der Waals surface area contributed by atoms with Crippen LogP contribution in [0.4, 0.5) is 15.8 Å². The van der Waals surface area contributed by atoms with Gasteiger partial charge in [-0.3, -0.25) is 10.1 Å². The van der Waals surface area contributed by atoms with Crippen LogP contribution in [0.5, 0.6) is 0 Å². The number of benzene rings is 2. The first-order valence-corrected chi connectivity index (χ1v) is 9.88. The predicted octanol–water partition coefficient (Wildman–Crippen LogP) is 2.68. The standard InChI is InChI=1S/C18H22FN3O5S/c1-13(12-27-3)20-28(25,26)15-8-9-17(18(10-15)22(23)24)21(2)11-14-6-4-5-7-16(14)19/h4-10,13,20H,11-12H2,1-3H3/t13-/m0/s1. The zero-order valence-corrected chi connectivity index (χ0v) is 16.6. The average molecular weight is 411 g/mol. The highest BCUT2D eigenvalue weighted by molar-refractivity contribution is 7.89. The largest absolute Gasteiger partial charge is 0.383 e. The summed E-state index contributed by atoms with van der Waals surface area (Å²) in [7, 11) is -0.947. The molecule has 1 N–H and O–H groups in total. The van der Waals surface area contributed by atoms with Crippen molar-refractivity contribution in [1.82, 2.24) is 4.72 Å². The van der Waals surface area contributed by atoms with Crippen molar-refractivity contribution in [2.24, 2.45) is 0 Å². The Morgan fingerprint density at radius 2 is 1.96 bits per heavy atom. The molecule has 0 saturated heterocycles. The lowest BCUT2D eigenvalue weighted by Crippen LogP contribution is -2.35. The maximum atomic E-state index is 13.9. The number of hydrogen-bond donors (Lipinski definition) is 1. The summed E-state index contributed by atoms with van der Waals surface area (Å²) in [6.45, 7) is 1.86. The Hall–Kier alpha value is -2.56. The van der Waals surface area contributed by atoms with Gasteiger partial charge in [-0.25, -0.2) is 17.5 Å². The molecule has 8 nitrogen and oxygen atoms in total. The fourth-order valence-corrected chi connectivity index (χ4v) is 3.97. The van der Waals surface area contributed by atoms with E-state index >= 15 is 0 Å². The molecule has 0 bridgehead atoms. The second kappa shape index (κ2) is 9.09. The Morgan fingerprint density at radius 3 is 2.57 bits per heavy atom. The van der Waals surface area contributed by atoms with Gasteiger partial charge in [0.15, 0.2) is 0 Å². The van der Waals surface area contributed by atoms with Gasteiger partial charge < -0.3 is 9.64 Å². The van der Waals surface area contributed by atoms with Crippen LogP contribution in [0.3, 0.4) is 0 Å². The molecule has 2 aromatic rings. The Labute approximate surface area is 163 Å². The molecule has 10 heteroatoms. The number of ether oxygens (including phenoxy) is 1. The number of sulfonamides is 1. The van der Waals surface area contributed by atoms with Gasteiger partial charge in [-0.1, -0.05) is 18.2 Å². The molecule has 0 aromatic heterocycles. The van der Waals surface area contributed by atoms with Crippen molar-refractivity contribution < 1.29 is 22.5 Å². The molecule has 0 heterocycles. The van der Waals surface area contributed by atoms with Crippen LogP contribution in [-0.4, -0.2) is 40.1 Å². The molecule has 0 aliphatic heterocycles. The minimum atomic E-state index is -3.96. The number of nitrogens with one attached hydrogen (secondary N) is 1. The van der Waals surface area contributed by atoms with Crippen molar-refractivity contribution in [3.63, 3.8) is 0 Å². The third-order valence-electron chi connectivity index (χ3n) is 4.00. The highest BCUT2D eigenvalue weighted by atomic mass is 32.2. The summed E-state index contributed by atoms with van der Waals surface area (Å²) >= 11 is 0. The number of nitro groups is 1. The quantitative estimate of drug-likeness (QED) is 0.503. The first kappa shape index (κ1) is 21.7. The second-order valence-electron chi connectivity index (χ2n) is 6.33. The monoisotopic (exact) mass is 411 g/mol. The molecule has 0 fully saturated rings. The molecule has 0 spiro atoms. The second-order valence-corrected chi connectivity index (χ2v) is 8.05. The molecule has 0 aliphatic rings. The third kappa shape index (κ3) is 5.24. The summed E-state index contributed by atoms with van der Waals surface area (Å²) in [5.74, 6) is -0.424. The van der Waals surface area contributed by atoms with E-state index in [-0.39, 0.29) is 29.4 Å². The molecule has 0 unspecified atom stereocenters. The van der Waals surface area contributed by atoms with Crippen LogP contribution in [0, 0.1) is 15.9 Å². The van der Waals surface area contributed by atoms with Crippen LogP contribution >= 0.6 is 0 Å². The van der Waals surface area contributed by atoms with Gasteiger partial charge in [0.25, 0.3) is 5.69 Å². The Morgan fingerprint density at radius 1 is 1.29 bits per heavy atom. The SMILES string of the molecule is COC[C@H](C)NS(=O)(=O)c1ccc(N(C)Cc2ccccc2F)c([N+](=O)[O-])c1.